The molecule has 0 fully saturated rings. The predicted octanol–water partition coefficient (Wildman–Crippen LogP) is 8.96. The van der Waals surface area contributed by atoms with E-state index in [1.165, 1.54) is 97.8 Å². The molecule has 262 valence electrons. The molecule has 0 radical (unpaired) electrons. The second kappa shape index (κ2) is 10.6. The van der Waals surface area contributed by atoms with Crippen molar-refractivity contribution < 1.29 is 4.42 Å². The highest BCUT2D eigenvalue weighted by Crippen LogP contribution is 2.51. The van der Waals surface area contributed by atoms with Crippen molar-refractivity contribution in [2.24, 2.45) is 0 Å². The van der Waals surface area contributed by atoms with Gasteiger partial charge in [0, 0.05) is 44.1 Å². The van der Waals surface area contributed by atoms with Crippen molar-refractivity contribution in [1.29, 1.82) is 0 Å². The Morgan fingerprint density at radius 2 is 1.16 bits per heavy atom. The van der Waals surface area contributed by atoms with Gasteiger partial charge < -0.3 is 13.8 Å². The third-order valence-corrected chi connectivity index (χ3v) is 18.2. The zero-order valence-electron chi connectivity index (χ0n) is 30.8. The highest BCUT2D eigenvalue weighted by atomic mass is 28.3. The molecule has 9 aromatic carbocycles. The molecule has 0 unspecified atom stereocenters. The molecule has 0 saturated heterocycles. The quantitative estimate of drug-likeness (QED) is 0.165. The highest BCUT2D eigenvalue weighted by Gasteiger charge is 2.54. The normalized spacial score (nSPS) is 14.4. The van der Waals surface area contributed by atoms with Gasteiger partial charge in [-0.15, -0.1) is 0 Å². The van der Waals surface area contributed by atoms with Crippen LogP contribution in [0.2, 0.25) is 0 Å². The van der Waals surface area contributed by atoms with Crippen LogP contribution in [0.1, 0.15) is 0 Å². The number of nitrogens with zero attached hydrogens (tertiary/aromatic N) is 2. The molecule has 0 spiro atoms. The molecule has 11 aromatic rings. The second-order valence-corrected chi connectivity index (χ2v) is 19.6. The fraction of sp³-hybridized carbons (Fsp3) is 0. The molecule has 0 bridgehead atoms. The van der Waals surface area contributed by atoms with Gasteiger partial charge in [-0.25, -0.2) is 0 Å². The Labute approximate surface area is 329 Å². The van der Waals surface area contributed by atoms with Crippen LogP contribution in [-0.2, 0) is 0 Å². The number of anilines is 3. The first-order valence-electron chi connectivity index (χ1n) is 19.9. The lowest BCUT2D eigenvalue weighted by Crippen LogP contribution is -2.78. The van der Waals surface area contributed by atoms with Crippen LogP contribution in [0, 0.1) is 0 Å². The van der Waals surface area contributed by atoms with Crippen molar-refractivity contribution in [1.82, 2.24) is 4.48 Å². The summed E-state index contributed by atoms with van der Waals surface area (Å²) in [5.41, 5.74) is 13.4. The predicted molar refractivity (Wildman–Crippen MR) is 242 cm³/mol. The van der Waals surface area contributed by atoms with Crippen molar-refractivity contribution in [2.45, 2.75) is 0 Å². The molecule has 3 nitrogen and oxygen atoms in total. The summed E-state index contributed by atoms with van der Waals surface area (Å²) >= 11 is 0. The first-order valence-corrected chi connectivity index (χ1v) is 21.9. The van der Waals surface area contributed by atoms with Crippen LogP contribution in [0.25, 0.3) is 65.6 Å². The average Bonchev–Trinajstić information content (AvgIpc) is 3.83. The summed E-state index contributed by atoms with van der Waals surface area (Å²) in [6.45, 7) is -0.0705. The third-order valence-electron chi connectivity index (χ3n) is 13.4. The molecule has 5 heteroatoms. The maximum atomic E-state index is 6.89. The number of hydrogen-bond acceptors (Lipinski definition) is 2. The van der Waals surface area contributed by atoms with Crippen molar-refractivity contribution in [3.8, 4) is 11.1 Å². The zero-order chi connectivity index (χ0) is 37.0. The molecule has 5 heterocycles. The Kier molecular flexibility index (Phi) is 5.62. The van der Waals surface area contributed by atoms with E-state index in [-0.39, 0.29) is 6.85 Å². The van der Waals surface area contributed by atoms with E-state index >= 15 is 0 Å². The topological polar surface area (TPSA) is 21.3 Å². The number of fused-ring (bicyclic) bond motifs is 15. The molecular formula is C52H31BN2OSi. The minimum Gasteiger partial charge on any atom is -0.456 e. The maximum absolute atomic E-state index is 6.89. The molecule has 0 atom stereocenters. The molecule has 14 rings (SSSR count). The van der Waals surface area contributed by atoms with Crippen molar-refractivity contribution >= 4 is 118 Å². The Morgan fingerprint density at radius 3 is 2.00 bits per heavy atom. The number of rotatable bonds is 2. The number of hydrogen-bond donors (Lipinski definition) is 0. The molecule has 0 N–H and O–H groups in total. The lowest BCUT2D eigenvalue weighted by Gasteiger charge is -2.49. The smallest absolute Gasteiger partial charge is 0.333 e. The van der Waals surface area contributed by atoms with Gasteiger partial charge in [0.15, 0.2) is 8.07 Å². The fourth-order valence-electron chi connectivity index (χ4n) is 11.4. The van der Waals surface area contributed by atoms with Gasteiger partial charge in [-0.1, -0.05) is 164 Å². The molecule has 2 aromatic heterocycles. The summed E-state index contributed by atoms with van der Waals surface area (Å²) in [6.07, 6.45) is 0. The van der Waals surface area contributed by atoms with Crippen LogP contribution in [0.5, 0.6) is 0 Å². The van der Waals surface area contributed by atoms with E-state index in [9.17, 15) is 0 Å². The summed E-state index contributed by atoms with van der Waals surface area (Å²) in [6, 6.07) is 70.7. The SMILES string of the molecule is c1ccc([Si]2(c3ccccc3)c3ccccc3N3c4c(cccc42)B2c4c(cc5oc6ccccc6c5c43)-c3cccc4c5c6ccccc6ccc5n2c34)cc1. The summed E-state index contributed by atoms with van der Waals surface area (Å²) in [5, 5.41) is 13.1. The van der Waals surface area contributed by atoms with E-state index in [1.54, 1.807) is 0 Å². The molecule has 3 aliphatic heterocycles. The second-order valence-electron chi connectivity index (χ2n) is 15.9. The lowest BCUT2D eigenvalue weighted by atomic mass is 9.45. The van der Waals surface area contributed by atoms with E-state index in [1.807, 2.05) is 0 Å². The monoisotopic (exact) mass is 738 g/mol. The van der Waals surface area contributed by atoms with Gasteiger partial charge in [0.2, 0.25) is 0 Å². The van der Waals surface area contributed by atoms with E-state index < -0.39 is 8.07 Å². The van der Waals surface area contributed by atoms with Gasteiger partial charge in [0.25, 0.3) is 0 Å². The van der Waals surface area contributed by atoms with Gasteiger partial charge in [-0.05, 0) is 72.3 Å². The van der Waals surface area contributed by atoms with Gasteiger partial charge in [0.1, 0.15) is 11.2 Å². The van der Waals surface area contributed by atoms with Crippen molar-refractivity contribution in [3.05, 3.63) is 188 Å². The van der Waals surface area contributed by atoms with E-state index in [0.717, 1.165) is 16.6 Å². The largest absolute Gasteiger partial charge is 0.456 e. The fourth-order valence-corrected chi connectivity index (χ4v) is 16.5. The Balaban J connectivity index is 1.24. The number of furan rings is 1. The number of para-hydroxylation sites is 4. The summed E-state index contributed by atoms with van der Waals surface area (Å²) in [7, 11) is -2.88. The Morgan fingerprint density at radius 1 is 0.474 bits per heavy atom. The Hall–Kier alpha value is -7.08. The van der Waals surface area contributed by atoms with E-state index in [4.69, 9.17) is 4.42 Å². The van der Waals surface area contributed by atoms with Crippen LogP contribution >= 0.6 is 0 Å². The molecule has 0 aliphatic carbocycles. The summed E-state index contributed by atoms with van der Waals surface area (Å²) in [5.74, 6) is 0. The van der Waals surface area contributed by atoms with Crippen LogP contribution in [0.4, 0.5) is 17.1 Å². The summed E-state index contributed by atoms with van der Waals surface area (Å²) < 4.78 is 9.60. The highest BCUT2D eigenvalue weighted by molar-refractivity contribution is 7.21. The zero-order valence-corrected chi connectivity index (χ0v) is 31.8. The van der Waals surface area contributed by atoms with Crippen molar-refractivity contribution in [3.63, 3.8) is 0 Å². The molecule has 0 amide bonds. The Bertz CT molecular complexity index is 3510. The maximum Gasteiger partial charge on any atom is 0.333 e. The van der Waals surface area contributed by atoms with Crippen LogP contribution in [0.15, 0.2) is 192 Å². The average molecular weight is 739 g/mol. The number of aromatic nitrogens is 1. The van der Waals surface area contributed by atoms with Gasteiger partial charge in [-0.2, -0.15) is 0 Å². The number of benzene rings is 9. The van der Waals surface area contributed by atoms with Gasteiger partial charge in [0.05, 0.1) is 11.1 Å². The van der Waals surface area contributed by atoms with Crippen LogP contribution in [-0.4, -0.2) is 19.4 Å². The molecule has 3 aliphatic rings. The van der Waals surface area contributed by atoms with Gasteiger partial charge >= 0.3 is 6.85 Å². The minimum atomic E-state index is -2.88. The van der Waals surface area contributed by atoms with Crippen LogP contribution < -0.4 is 36.6 Å². The van der Waals surface area contributed by atoms with E-state index in [2.05, 4.69) is 197 Å². The first-order chi connectivity index (χ1) is 28.3. The standard InChI is InChI=1S/C52H31BN2OSi/c1-3-16-33(17-4-1)57(34-18-5-2-6-19-34)45-27-12-10-25-41(45)54-51-40(24-14-28-46(51)57)53-49-39(31-44-48(52(49)54)37-21-9-11-26-43(37)56-44)36-22-13-23-38-47-35-20-8-7-15-32(35)29-30-42(47)55(53)50(36)38/h1-31H. The lowest BCUT2D eigenvalue weighted by molar-refractivity contribution is 0.669. The molecular weight excluding hydrogens is 707 g/mol. The van der Waals surface area contributed by atoms with Crippen LogP contribution in [0.3, 0.4) is 0 Å². The first kappa shape index (κ1) is 30.2. The molecule has 0 saturated carbocycles. The molecule has 57 heavy (non-hydrogen) atoms. The summed E-state index contributed by atoms with van der Waals surface area (Å²) in [4.78, 5) is 2.66. The van der Waals surface area contributed by atoms with Gasteiger partial charge in [-0.3, -0.25) is 0 Å². The van der Waals surface area contributed by atoms with Crippen molar-refractivity contribution in [2.75, 3.05) is 4.90 Å². The third kappa shape index (κ3) is 3.52. The minimum absolute atomic E-state index is 0.0705. The van der Waals surface area contributed by atoms with E-state index in [0.29, 0.717) is 0 Å².